The SMILES string of the molecule is COCCCn1cc(-c2ccc(OC)cc2O)cn1. The van der Waals surface area contributed by atoms with E-state index in [2.05, 4.69) is 5.10 Å². The average Bonchev–Trinajstić information content (AvgIpc) is 2.87. The second kappa shape index (κ2) is 6.24. The van der Waals surface area contributed by atoms with Crippen LogP contribution < -0.4 is 4.74 Å². The van der Waals surface area contributed by atoms with Crippen LogP contribution in [0.25, 0.3) is 11.1 Å². The Morgan fingerprint density at radius 1 is 1.32 bits per heavy atom. The van der Waals surface area contributed by atoms with Crippen molar-refractivity contribution in [2.75, 3.05) is 20.8 Å². The van der Waals surface area contributed by atoms with E-state index in [9.17, 15) is 5.11 Å². The summed E-state index contributed by atoms with van der Waals surface area (Å²) in [4.78, 5) is 0. The van der Waals surface area contributed by atoms with Gasteiger partial charge in [-0.15, -0.1) is 0 Å². The molecule has 0 aliphatic carbocycles. The third-order valence-electron chi connectivity index (χ3n) is 2.88. The third-order valence-corrected chi connectivity index (χ3v) is 2.88. The number of nitrogens with zero attached hydrogens (tertiary/aromatic N) is 2. The second-order valence-electron chi connectivity index (χ2n) is 4.22. The van der Waals surface area contributed by atoms with E-state index in [0.29, 0.717) is 12.4 Å². The molecule has 2 aromatic rings. The predicted octanol–water partition coefficient (Wildman–Crippen LogP) is 2.30. The Morgan fingerprint density at radius 2 is 2.16 bits per heavy atom. The van der Waals surface area contributed by atoms with Crippen LogP contribution >= 0.6 is 0 Å². The van der Waals surface area contributed by atoms with Gasteiger partial charge in [-0.3, -0.25) is 4.68 Å². The minimum Gasteiger partial charge on any atom is -0.507 e. The first-order valence-corrected chi connectivity index (χ1v) is 6.13. The van der Waals surface area contributed by atoms with E-state index in [0.717, 1.165) is 24.1 Å². The van der Waals surface area contributed by atoms with E-state index in [1.807, 2.05) is 23.0 Å². The molecule has 1 aromatic heterocycles. The molecule has 5 nitrogen and oxygen atoms in total. The summed E-state index contributed by atoms with van der Waals surface area (Å²) in [6.45, 7) is 1.51. The standard InChI is InChI=1S/C14H18N2O3/c1-18-7-3-6-16-10-11(9-15-16)13-5-4-12(19-2)8-14(13)17/h4-5,8-10,17H,3,6-7H2,1-2H3. The van der Waals surface area contributed by atoms with Crippen LogP contribution in [-0.4, -0.2) is 35.7 Å². The molecule has 5 heteroatoms. The molecule has 0 radical (unpaired) electrons. The summed E-state index contributed by atoms with van der Waals surface area (Å²) in [7, 11) is 3.26. The summed E-state index contributed by atoms with van der Waals surface area (Å²) in [5, 5.41) is 14.2. The number of benzene rings is 1. The van der Waals surface area contributed by atoms with Crippen molar-refractivity contribution >= 4 is 0 Å². The number of aryl methyl sites for hydroxylation is 1. The normalized spacial score (nSPS) is 10.6. The van der Waals surface area contributed by atoms with Gasteiger partial charge < -0.3 is 14.6 Å². The Labute approximate surface area is 112 Å². The zero-order chi connectivity index (χ0) is 13.7. The molecule has 0 saturated carbocycles. The molecule has 1 heterocycles. The molecule has 19 heavy (non-hydrogen) atoms. The molecule has 0 bridgehead atoms. The van der Waals surface area contributed by atoms with Crippen molar-refractivity contribution in [1.29, 1.82) is 0 Å². The summed E-state index contributed by atoms with van der Waals surface area (Å²) in [5.74, 6) is 0.824. The Kier molecular flexibility index (Phi) is 4.41. The maximum atomic E-state index is 9.96. The zero-order valence-corrected chi connectivity index (χ0v) is 11.2. The molecule has 0 unspecified atom stereocenters. The molecule has 0 aliphatic rings. The van der Waals surface area contributed by atoms with Crippen molar-refractivity contribution in [3.05, 3.63) is 30.6 Å². The van der Waals surface area contributed by atoms with Gasteiger partial charge in [-0.2, -0.15) is 5.10 Å². The Balaban J connectivity index is 2.13. The predicted molar refractivity (Wildman–Crippen MR) is 72.4 cm³/mol. The van der Waals surface area contributed by atoms with Crippen LogP contribution in [0.3, 0.4) is 0 Å². The molecule has 0 amide bonds. The monoisotopic (exact) mass is 262 g/mol. The number of hydrogen-bond donors (Lipinski definition) is 1. The largest absolute Gasteiger partial charge is 0.507 e. The Bertz CT molecular complexity index is 537. The number of aromatic hydroxyl groups is 1. The van der Waals surface area contributed by atoms with Crippen LogP contribution in [0, 0.1) is 0 Å². The summed E-state index contributed by atoms with van der Waals surface area (Å²) >= 11 is 0. The molecule has 0 spiro atoms. The molecule has 1 N–H and O–H groups in total. The maximum absolute atomic E-state index is 9.96. The van der Waals surface area contributed by atoms with Crippen molar-refractivity contribution in [1.82, 2.24) is 9.78 Å². The minimum atomic E-state index is 0.191. The van der Waals surface area contributed by atoms with Crippen molar-refractivity contribution in [3.8, 4) is 22.6 Å². The number of aromatic nitrogens is 2. The summed E-state index contributed by atoms with van der Waals surface area (Å²) < 4.78 is 11.9. The topological polar surface area (TPSA) is 56.5 Å². The van der Waals surface area contributed by atoms with Crippen LogP contribution in [0.15, 0.2) is 30.6 Å². The highest BCUT2D eigenvalue weighted by Crippen LogP contribution is 2.31. The Morgan fingerprint density at radius 3 is 2.84 bits per heavy atom. The molecule has 2 rings (SSSR count). The lowest BCUT2D eigenvalue weighted by atomic mass is 10.1. The molecule has 1 aromatic carbocycles. The molecule has 0 fully saturated rings. The van der Waals surface area contributed by atoms with Crippen LogP contribution in [0.1, 0.15) is 6.42 Å². The zero-order valence-electron chi connectivity index (χ0n) is 11.2. The molecule has 0 saturated heterocycles. The molecular weight excluding hydrogens is 244 g/mol. The summed E-state index contributed by atoms with van der Waals surface area (Å²) in [6.07, 6.45) is 4.57. The Hall–Kier alpha value is -2.01. The highest BCUT2D eigenvalue weighted by molar-refractivity contribution is 5.69. The third kappa shape index (κ3) is 3.26. The second-order valence-corrected chi connectivity index (χ2v) is 4.22. The lowest BCUT2D eigenvalue weighted by Crippen LogP contribution is -2.01. The van der Waals surface area contributed by atoms with Crippen LogP contribution in [0.5, 0.6) is 11.5 Å². The number of ether oxygens (including phenoxy) is 2. The van der Waals surface area contributed by atoms with Gasteiger partial charge in [0.25, 0.3) is 0 Å². The summed E-state index contributed by atoms with van der Waals surface area (Å²) in [6, 6.07) is 5.24. The number of rotatable bonds is 6. The number of phenols is 1. The van der Waals surface area contributed by atoms with Gasteiger partial charge in [0, 0.05) is 43.7 Å². The van der Waals surface area contributed by atoms with Crippen LogP contribution in [0.4, 0.5) is 0 Å². The van der Waals surface area contributed by atoms with Gasteiger partial charge in [-0.25, -0.2) is 0 Å². The highest BCUT2D eigenvalue weighted by atomic mass is 16.5. The van der Waals surface area contributed by atoms with E-state index >= 15 is 0 Å². The fourth-order valence-electron chi connectivity index (χ4n) is 1.88. The quantitative estimate of drug-likeness (QED) is 0.812. The van der Waals surface area contributed by atoms with E-state index in [1.54, 1.807) is 26.5 Å². The first-order chi connectivity index (χ1) is 9.24. The van der Waals surface area contributed by atoms with Crippen molar-refractivity contribution in [2.45, 2.75) is 13.0 Å². The lowest BCUT2D eigenvalue weighted by molar-refractivity contribution is 0.189. The van der Waals surface area contributed by atoms with E-state index in [4.69, 9.17) is 9.47 Å². The van der Waals surface area contributed by atoms with Gasteiger partial charge in [-0.05, 0) is 18.6 Å². The fraction of sp³-hybridized carbons (Fsp3) is 0.357. The van der Waals surface area contributed by atoms with Gasteiger partial charge in [0.15, 0.2) is 0 Å². The average molecular weight is 262 g/mol. The molecular formula is C14H18N2O3. The number of methoxy groups -OCH3 is 2. The van der Waals surface area contributed by atoms with Gasteiger partial charge in [0.05, 0.1) is 13.3 Å². The lowest BCUT2D eigenvalue weighted by Gasteiger charge is -2.04. The smallest absolute Gasteiger partial charge is 0.127 e. The van der Waals surface area contributed by atoms with Gasteiger partial charge in [0.1, 0.15) is 11.5 Å². The maximum Gasteiger partial charge on any atom is 0.127 e. The van der Waals surface area contributed by atoms with E-state index < -0.39 is 0 Å². The van der Waals surface area contributed by atoms with Gasteiger partial charge in [0.2, 0.25) is 0 Å². The number of phenolic OH excluding ortho intramolecular Hbond substituents is 1. The molecule has 0 atom stereocenters. The van der Waals surface area contributed by atoms with Crippen molar-refractivity contribution in [3.63, 3.8) is 0 Å². The van der Waals surface area contributed by atoms with Crippen LogP contribution in [0.2, 0.25) is 0 Å². The van der Waals surface area contributed by atoms with Gasteiger partial charge in [-0.1, -0.05) is 0 Å². The van der Waals surface area contributed by atoms with Gasteiger partial charge >= 0.3 is 0 Å². The first-order valence-electron chi connectivity index (χ1n) is 6.13. The molecule has 0 aliphatic heterocycles. The molecule has 102 valence electrons. The van der Waals surface area contributed by atoms with E-state index in [1.165, 1.54) is 0 Å². The van der Waals surface area contributed by atoms with Crippen LogP contribution in [-0.2, 0) is 11.3 Å². The first kappa shape index (κ1) is 13.4. The summed E-state index contributed by atoms with van der Waals surface area (Å²) in [5.41, 5.74) is 1.64. The van der Waals surface area contributed by atoms with Crippen molar-refractivity contribution < 1.29 is 14.6 Å². The number of hydrogen-bond acceptors (Lipinski definition) is 4. The minimum absolute atomic E-state index is 0.191. The fourth-order valence-corrected chi connectivity index (χ4v) is 1.88. The van der Waals surface area contributed by atoms with Crippen molar-refractivity contribution in [2.24, 2.45) is 0 Å². The highest BCUT2D eigenvalue weighted by Gasteiger charge is 2.08. The van der Waals surface area contributed by atoms with E-state index in [-0.39, 0.29) is 5.75 Å².